The number of anilines is 1. The van der Waals surface area contributed by atoms with E-state index in [-0.39, 0.29) is 12.5 Å². The monoisotopic (exact) mass is 480 g/mol. The van der Waals surface area contributed by atoms with Crippen LogP contribution in [0.25, 0.3) is 22.4 Å². The molecule has 36 heavy (non-hydrogen) atoms. The molecular formula is C27H28N8O. The molecule has 182 valence electrons. The minimum atomic E-state index is 0.0696. The highest BCUT2D eigenvalue weighted by molar-refractivity contribution is 5.81. The summed E-state index contributed by atoms with van der Waals surface area (Å²) < 4.78 is 1.72. The SMILES string of the molecule is O=C(Cn1cc(-c2cnc(NC3Cc4ccccc4C3)nc2)c(-c2ccncc2)n1)N1CCNCC1. The van der Waals surface area contributed by atoms with E-state index >= 15 is 0 Å². The molecule has 0 radical (unpaired) electrons. The van der Waals surface area contributed by atoms with Crippen molar-refractivity contribution in [2.45, 2.75) is 25.4 Å². The fourth-order valence-electron chi connectivity index (χ4n) is 4.97. The predicted molar refractivity (Wildman–Crippen MR) is 137 cm³/mol. The van der Waals surface area contributed by atoms with Gasteiger partial charge >= 0.3 is 0 Å². The number of amides is 1. The van der Waals surface area contributed by atoms with Gasteiger partial charge in [-0.05, 0) is 36.1 Å². The highest BCUT2D eigenvalue weighted by Gasteiger charge is 2.22. The minimum absolute atomic E-state index is 0.0696. The number of hydrogen-bond acceptors (Lipinski definition) is 7. The number of pyridine rings is 1. The summed E-state index contributed by atoms with van der Waals surface area (Å²) in [7, 11) is 0. The average molecular weight is 481 g/mol. The second-order valence-corrected chi connectivity index (χ2v) is 9.27. The van der Waals surface area contributed by atoms with Crippen LogP contribution in [0.5, 0.6) is 0 Å². The van der Waals surface area contributed by atoms with Crippen molar-refractivity contribution in [1.29, 1.82) is 0 Å². The molecule has 0 bridgehead atoms. The summed E-state index contributed by atoms with van der Waals surface area (Å²) in [5.41, 5.74) is 6.21. The lowest BCUT2D eigenvalue weighted by molar-refractivity contribution is -0.132. The van der Waals surface area contributed by atoms with E-state index in [4.69, 9.17) is 5.10 Å². The summed E-state index contributed by atoms with van der Waals surface area (Å²) in [6, 6.07) is 12.7. The van der Waals surface area contributed by atoms with Gasteiger partial charge in [0.1, 0.15) is 12.2 Å². The Hall–Kier alpha value is -4.11. The highest BCUT2D eigenvalue weighted by Crippen LogP contribution is 2.31. The maximum absolute atomic E-state index is 12.8. The van der Waals surface area contributed by atoms with Crippen LogP contribution >= 0.6 is 0 Å². The van der Waals surface area contributed by atoms with Gasteiger partial charge in [0.15, 0.2) is 0 Å². The number of fused-ring (bicyclic) bond motifs is 1. The molecule has 1 fully saturated rings. The van der Waals surface area contributed by atoms with E-state index in [0.717, 1.165) is 61.4 Å². The van der Waals surface area contributed by atoms with Crippen molar-refractivity contribution in [2.75, 3.05) is 31.5 Å². The van der Waals surface area contributed by atoms with Gasteiger partial charge in [-0.3, -0.25) is 14.5 Å². The molecule has 0 unspecified atom stereocenters. The van der Waals surface area contributed by atoms with Crippen molar-refractivity contribution in [2.24, 2.45) is 0 Å². The van der Waals surface area contributed by atoms with Crippen LogP contribution in [0.3, 0.4) is 0 Å². The Morgan fingerprint density at radius 3 is 2.36 bits per heavy atom. The van der Waals surface area contributed by atoms with Crippen LogP contribution in [-0.2, 0) is 24.2 Å². The molecule has 1 saturated heterocycles. The molecule has 3 aromatic heterocycles. The number of hydrogen-bond donors (Lipinski definition) is 2. The molecule has 6 rings (SSSR count). The van der Waals surface area contributed by atoms with Gasteiger partial charge in [0.05, 0.1) is 0 Å². The van der Waals surface area contributed by atoms with E-state index in [0.29, 0.717) is 12.0 Å². The van der Waals surface area contributed by atoms with Crippen molar-refractivity contribution < 1.29 is 4.79 Å². The highest BCUT2D eigenvalue weighted by atomic mass is 16.2. The second kappa shape index (κ2) is 9.87. The quantitative estimate of drug-likeness (QED) is 0.437. The Morgan fingerprint density at radius 1 is 0.972 bits per heavy atom. The third-order valence-electron chi connectivity index (χ3n) is 6.83. The lowest BCUT2D eigenvalue weighted by Crippen LogP contribution is -2.47. The molecule has 1 aliphatic heterocycles. The molecule has 9 nitrogen and oxygen atoms in total. The zero-order chi connectivity index (χ0) is 24.3. The van der Waals surface area contributed by atoms with Gasteiger partial charge in [0, 0.05) is 79.9 Å². The molecule has 1 aromatic carbocycles. The molecule has 4 aromatic rings. The Morgan fingerprint density at radius 2 is 1.67 bits per heavy atom. The first kappa shape index (κ1) is 22.4. The first-order valence-corrected chi connectivity index (χ1v) is 12.3. The first-order valence-electron chi connectivity index (χ1n) is 12.3. The van der Waals surface area contributed by atoms with Crippen LogP contribution in [0, 0.1) is 0 Å². The van der Waals surface area contributed by atoms with Crippen LogP contribution in [0.15, 0.2) is 67.4 Å². The van der Waals surface area contributed by atoms with Crippen LogP contribution in [0.4, 0.5) is 5.95 Å². The van der Waals surface area contributed by atoms with E-state index in [1.807, 2.05) is 35.6 Å². The fraction of sp³-hybridized carbons (Fsp3) is 0.296. The molecule has 9 heteroatoms. The standard InChI is InChI=1S/C27H28N8O/c36-25(34-11-9-29-10-12-34)18-35-17-24(26(33-35)19-5-7-28-8-6-19)22-15-30-27(31-16-22)32-23-13-20-3-1-2-4-21(20)14-23/h1-8,15-17,23,29H,9-14,18H2,(H,30,31,32). The predicted octanol–water partition coefficient (Wildman–Crippen LogP) is 2.41. The van der Waals surface area contributed by atoms with E-state index in [2.05, 4.69) is 49.9 Å². The zero-order valence-corrected chi connectivity index (χ0v) is 20.0. The summed E-state index contributed by atoms with van der Waals surface area (Å²) in [5.74, 6) is 0.684. The van der Waals surface area contributed by atoms with Crippen molar-refractivity contribution in [3.8, 4) is 22.4 Å². The topological polar surface area (TPSA) is 101 Å². The molecule has 4 heterocycles. The van der Waals surface area contributed by atoms with Crippen molar-refractivity contribution >= 4 is 11.9 Å². The molecule has 1 aliphatic carbocycles. The number of piperazine rings is 1. The smallest absolute Gasteiger partial charge is 0.244 e. The number of carbonyl (C=O) groups excluding carboxylic acids is 1. The zero-order valence-electron chi connectivity index (χ0n) is 20.0. The minimum Gasteiger partial charge on any atom is -0.351 e. The molecule has 0 spiro atoms. The number of aromatic nitrogens is 5. The number of nitrogens with one attached hydrogen (secondary N) is 2. The van der Waals surface area contributed by atoms with Gasteiger partial charge in [-0.15, -0.1) is 0 Å². The van der Waals surface area contributed by atoms with E-state index in [1.165, 1.54) is 11.1 Å². The van der Waals surface area contributed by atoms with Gasteiger partial charge in [-0.1, -0.05) is 24.3 Å². The number of rotatable bonds is 6. The fourth-order valence-corrected chi connectivity index (χ4v) is 4.97. The van der Waals surface area contributed by atoms with Crippen LogP contribution in [0.2, 0.25) is 0 Å². The average Bonchev–Trinajstić information content (AvgIpc) is 3.54. The Labute approximate surface area is 209 Å². The van der Waals surface area contributed by atoms with Gasteiger partial charge in [0.2, 0.25) is 11.9 Å². The van der Waals surface area contributed by atoms with Crippen LogP contribution in [0.1, 0.15) is 11.1 Å². The van der Waals surface area contributed by atoms with Gasteiger partial charge in [-0.25, -0.2) is 9.97 Å². The summed E-state index contributed by atoms with van der Waals surface area (Å²) in [4.78, 5) is 28.1. The van der Waals surface area contributed by atoms with Gasteiger partial charge in [0.25, 0.3) is 0 Å². The van der Waals surface area contributed by atoms with E-state index < -0.39 is 0 Å². The summed E-state index contributed by atoms with van der Waals surface area (Å²) in [6.45, 7) is 3.28. The Balaban J connectivity index is 1.22. The molecule has 2 N–H and O–H groups in total. The largest absolute Gasteiger partial charge is 0.351 e. The lowest BCUT2D eigenvalue weighted by atomic mass is 10.1. The van der Waals surface area contributed by atoms with Gasteiger partial charge < -0.3 is 15.5 Å². The van der Waals surface area contributed by atoms with Crippen molar-refractivity contribution in [1.82, 2.24) is 34.9 Å². The summed E-state index contributed by atoms with van der Waals surface area (Å²) >= 11 is 0. The number of nitrogens with zero attached hydrogens (tertiary/aromatic N) is 6. The summed E-state index contributed by atoms with van der Waals surface area (Å²) in [6.07, 6.45) is 11.0. The van der Waals surface area contributed by atoms with Crippen molar-refractivity contribution in [3.63, 3.8) is 0 Å². The Kier molecular flexibility index (Phi) is 6.13. The molecule has 1 amide bonds. The Bertz CT molecular complexity index is 1320. The maximum Gasteiger partial charge on any atom is 0.244 e. The molecule has 2 aliphatic rings. The summed E-state index contributed by atoms with van der Waals surface area (Å²) in [5, 5.41) is 11.5. The number of benzene rings is 1. The van der Waals surface area contributed by atoms with E-state index in [9.17, 15) is 4.79 Å². The lowest BCUT2D eigenvalue weighted by Gasteiger charge is -2.27. The number of carbonyl (C=O) groups is 1. The normalized spacial score (nSPS) is 15.6. The second-order valence-electron chi connectivity index (χ2n) is 9.27. The van der Waals surface area contributed by atoms with E-state index in [1.54, 1.807) is 17.1 Å². The maximum atomic E-state index is 12.8. The third kappa shape index (κ3) is 4.70. The first-order chi connectivity index (χ1) is 17.7. The van der Waals surface area contributed by atoms with Gasteiger partial charge in [-0.2, -0.15) is 5.10 Å². The molecular weight excluding hydrogens is 452 g/mol. The molecule has 0 saturated carbocycles. The van der Waals surface area contributed by atoms with Crippen LogP contribution in [-0.4, -0.2) is 67.8 Å². The van der Waals surface area contributed by atoms with Crippen molar-refractivity contribution in [3.05, 3.63) is 78.5 Å². The third-order valence-corrected chi connectivity index (χ3v) is 6.83. The molecule has 0 atom stereocenters. The van der Waals surface area contributed by atoms with Crippen LogP contribution < -0.4 is 10.6 Å².